The van der Waals surface area contributed by atoms with Crippen molar-refractivity contribution >= 4 is 56.5 Å². The van der Waals surface area contributed by atoms with Crippen LogP contribution in [0.25, 0.3) is 0 Å². The highest BCUT2D eigenvalue weighted by Crippen LogP contribution is 2.31. The lowest BCUT2D eigenvalue weighted by Gasteiger charge is -2.07. The Bertz CT molecular complexity index is 650. The number of rotatable bonds is 2. The number of hydrogen-bond acceptors (Lipinski definition) is 1. The number of ketones is 1. The first-order valence-corrected chi connectivity index (χ1v) is 6.97. The van der Waals surface area contributed by atoms with E-state index in [4.69, 9.17) is 34.8 Å². The Kier molecular flexibility index (Phi) is 4.51. The van der Waals surface area contributed by atoms with E-state index in [1.807, 2.05) is 0 Å². The van der Waals surface area contributed by atoms with Gasteiger partial charge in [-0.2, -0.15) is 0 Å². The molecule has 0 heterocycles. The molecule has 6 heteroatoms. The van der Waals surface area contributed by atoms with E-state index in [9.17, 15) is 9.18 Å². The van der Waals surface area contributed by atoms with Gasteiger partial charge in [0.2, 0.25) is 0 Å². The molecule has 0 aromatic heterocycles. The molecule has 2 rings (SSSR count). The van der Waals surface area contributed by atoms with Crippen LogP contribution in [0, 0.1) is 5.82 Å². The molecule has 0 atom stereocenters. The highest BCUT2D eigenvalue weighted by molar-refractivity contribution is 9.10. The van der Waals surface area contributed by atoms with Gasteiger partial charge in [-0.05, 0) is 46.3 Å². The van der Waals surface area contributed by atoms with Crippen LogP contribution in [0.3, 0.4) is 0 Å². The Balaban J connectivity index is 2.53. The Morgan fingerprint density at radius 3 is 2.16 bits per heavy atom. The number of carbonyl (C=O) groups excluding carboxylic acids is 1. The topological polar surface area (TPSA) is 17.1 Å². The fourth-order valence-corrected chi connectivity index (χ4v) is 2.91. The first-order valence-electron chi connectivity index (χ1n) is 5.04. The molecule has 0 radical (unpaired) electrons. The maximum atomic E-state index is 13.1. The number of hydrogen-bond donors (Lipinski definition) is 0. The normalized spacial score (nSPS) is 10.6. The molecule has 0 saturated carbocycles. The molecule has 0 aliphatic rings. The van der Waals surface area contributed by atoms with Crippen molar-refractivity contribution in [3.63, 3.8) is 0 Å². The van der Waals surface area contributed by atoms with Gasteiger partial charge in [-0.25, -0.2) is 4.39 Å². The average molecular weight is 382 g/mol. The third-order valence-electron chi connectivity index (χ3n) is 2.42. The SMILES string of the molecule is O=C(c1ccc(F)c(Br)c1)c1c(Cl)cc(Cl)cc1Cl. The van der Waals surface area contributed by atoms with Crippen molar-refractivity contribution in [1.29, 1.82) is 0 Å². The Labute approximate surface area is 132 Å². The van der Waals surface area contributed by atoms with E-state index < -0.39 is 11.6 Å². The highest BCUT2D eigenvalue weighted by Gasteiger charge is 2.18. The third-order valence-corrected chi connectivity index (χ3v) is 3.84. The Hall–Kier alpha value is -0.610. The summed E-state index contributed by atoms with van der Waals surface area (Å²) in [7, 11) is 0. The summed E-state index contributed by atoms with van der Waals surface area (Å²) in [5.74, 6) is -0.850. The molecule has 0 amide bonds. The van der Waals surface area contributed by atoms with Crippen molar-refractivity contribution in [2.45, 2.75) is 0 Å². The van der Waals surface area contributed by atoms with Gasteiger partial charge in [0.1, 0.15) is 5.82 Å². The molecule has 2 aromatic carbocycles. The summed E-state index contributed by atoms with van der Waals surface area (Å²) in [4.78, 5) is 12.3. The van der Waals surface area contributed by atoms with Gasteiger partial charge in [-0.15, -0.1) is 0 Å². The first-order chi connectivity index (χ1) is 8.90. The van der Waals surface area contributed by atoms with Crippen LogP contribution in [-0.2, 0) is 0 Å². The van der Waals surface area contributed by atoms with E-state index in [1.54, 1.807) is 0 Å². The summed E-state index contributed by atoms with van der Waals surface area (Å²) >= 11 is 20.8. The molecule has 19 heavy (non-hydrogen) atoms. The van der Waals surface area contributed by atoms with Crippen LogP contribution in [-0.4, -0.2) is 5.78 Å². The van der Waals surface area contributed by atoms with Crippen LogP contribution in [0.15, 0.2) is 34.8 Å². The standard InChI is InChI=1S/C13H5BrCl3FO/c14-8-3-6(1-2-11(8)18)13(19)12-9(16)4-7(15)5-10(12)17/h1-5H. The molecular weight excluding hydrogens is 377 g/mol. The minimum Gasteiger partial charge on any atom is -0.288 e. The summed E-state index contributed by atoms with van der Waals surface area (Å²) in [6.07, 6.45) is 0. The van der Waals surface area contributed by atoms with Crippen molar-refractivity contribution in [2.75, 3.05) is 0 Å². The van der Waals surface area contributed by atoms with Gasteiger partial charge >= 0.3 is 0 Å². The van der Waals surface area contributed by atoms with Crippen LogP contribution in [0.4, 0.5) is 4.39 Å². The Morgan fingerprint density at radius 2 is 1.63 bits per heavy atom. The quantitative estimate of drug-likeness (QED) is 0.602. The zero-order valence-corrected chi connectivity index (χ0v) is 13.0. The predicted molar refractivity (Wildman–Crippen MR) is 79.0 cm³/mol. The number of benzene rings is 2. The summed E-state index contributed by atoms with van der Waals surface area (Å²) < 4.78 is 13.3. The van der Waals surface area contributed by atoms with Crippen molar-refractivity contribution in [3.8, 4) is 0 Å². The van der Waals surface area contributed by atoms with Crippen LogP contribution in [0.1, 0.15) is 15.9 Å². The third kappa shape index (κ3) is 3.11. The van der Waals surface area contributed by atoms with Crippen LogP contribution in [0.2, 0.25) is 15.1 Å². The molecule has 0 bridgehead atoms. The van der Waals surface area contributed by atoms with Gasteiger partial charge < -0.3 is 0 Å². The average Bonchev–Trinajstić information content (AvgIpc) is 2.31. The highest BCUT2D eigenvalue weighted by atomic mass is 79.9. The lowest BCUT2D eigenvalue weighted by molar-refractivity contribution is 0.103. The van der Waals surface area contributed by atoms with Gasteiger partial charge in [-0.1, -0.05) is 34.8 Å². The molecule has 0 saturated heterocycles. The molecule has 0 spiro atoms. The van der Waals surface area contributed by atoms with E-state index >= 15 is 0 Å². The molecule has 2 aromatic rings. The van der Waals surface area contributed by atoms with E-state index in [0.29, 0.717) is 5.02 Å². The lowest BCUT2D eigenvalue weighted by atomic mass is 10.0. The molecule has 98 valence electrons. The second kappa shape index (κ2) is 5.80. The molecule has 0 aliphatic carbocycles. The molecule has 0 unspecified atom stereocenters. The summed E-state index contributed by atoms with van der Waals surface area (Å²) in [5, 5.41) is 0.651. The van der Waals surface area contributed by atoms with Gasteiger partial charge in [0.25, 0.3) is 0 Å². The predicted octanol–water partition coefficient (Wildman–Crippen LogP) is 5.78. The maximum absolute atomic E-state index is 13.1. The fraction of sp³-hybridized carbons (Fsp3) is 0. The van der Waals surface area contributed by atoms with Gasteiger partial charge in [-0.3, -0.25) is 4.79 Å². The second-order valence-corrected chi connectivity index (χ2v) is 5.81. The van der Waals surface area contributed by atoms with E-state index in [1.165, 1.54) is 30.3 Å². The minimum atomic E-state index is -0.454. The van der Waals surface area contributed by atoms with Crippen LogP contribution in [0.5, 0.6) is 0 Å². The smallest absolute Gasteiger partial charge is 0.196 e. The number of carbonyl (C=O) groups is 1. The monoisotopic (exact) mass is 380 g/mol. The summed E-state index contributed by atoms with van der Waals surface area (Å²) in [6.45, 7) is 0. The minimum absolute atomic E-state index is 0.145. The van der Waals surface area contributed by atoms with Crippen molar-refractivity contribution in [1.82, 2.24) is 0 Å². The van der Waals surface area contributed by atoms with E-state index in [2.05, 4.69) is 15.9 Å². The summed E-state index contributed by atoms with van der Waals surface area (Å²) in [5.41, 5.74) is 0.422. The van der Waals surface area contributed by atoms with E-state index in [0.717, 1.165) is 0 Å². The molecular formula is C13H5BrCl3FO. The number of halogens is 5. The van der Waals surface area contributed by atoms with Gasteiger partial charge in [0, 0.05) is 10.6 Å². The second-order valence-electron chi connectivity index (χ2n) is 3.70. The summed E-state index contributed by atoms with van der Waals surface area (Å²) in [6, 6.07) is 6.79. The van der Waals surface area contributed by atoms with Gasteiger partial charge in [0.05, 0.1) is 20.1 Å². The molecule has 1 nitrogen and oxygen atoms in total. The molecule has 0 fully saturated rings. The van der Waals surface area contributed by atoms with Crippen LogP contribution >= 0.6 is 50.7 Å². The molecule has 0 aliphatic heterocycles. The van der Waals surface area contributed by atoms with Gasteiger partial charge in [0.15, 0.2) is 5.78 Å². The maximum Gasteiger partial charge on any atom is 0.196 e. The van der Waals surface area contributed by atoms with E-state index in [-0.39, 0.29) is 25.6 Å². The molecule has 0 N–H and O–H groups in total. The van der Waals surface area contributed by atoms with Crippen LogP contribution < -0.4 is 0 Å². The first kappa shape index (κ1) is 14.8. The zero-order valence-electron chi connectivity index (χ0n) is 9.18. The van der Waals surface area contributed by atoms with Crippen molar-refractivity contribution < 1.29 is 9.18 Å². The lowest BCUT2D eigenvalue weighted by Crippen LogP contribution is -2.03. The largest absolute Gasteiger partial charge is 0.288 e. The fourth-order valence-electron chi connectivity index (χ4n) is 1.54. The zero-order chi connectivity index (χ0) is 14.2. The Morgan fingerprint density at radius 1 is 1.05 bits per heavy atom. The van der Waals surface area contributed by atoms with Crippen molar-refractivity contribution in [2.24, 2.45) is 0 Å². The van der Waals surface area contributed by atoms with Crippen molar-refractivity contribution in [3.05, 3.63) is 66.8 Å².